The molecule has 5 heteroatoms. The normalized spacial score (nSPS) is 10.4. The minimum absolute atomic E-state index is 0.0731. The Morgan fingerprint density at radius 1 is 0.667 bits per heavy atom. The number of hydrogen-bond donors (Lipinski definition) is 2. The summed E-state index contributed by atoms with van der Waals surface area (Å²) in [7, 11) is 0. The second-order valence-electron chi connectivity index (χ2n) is 4.40. The van der Waals surface area contributed by atoms with Crippen molar-refractivity contribution < 1.29 is 10.2 Å². The Labute approximate surface area is 129 Å². The van der Waals surface area contributed by atoms with E-state index >= 15 is 0 Å². The third-order valence-electron chi connectivity index (χ3n) is 2.89. The van der Waals surface area contributed by atoms with Gasteiger partial charge in [-0.15, -0.1) is 0 Å². The molecule has 2 N–H and O–H groups in total. The summed E-state index contributed by atoms with van der Waals surface area (Å²) in [6.07, 6.45) is 0. The molecule has 2 aromatic carbocycles. The van der Waals surface area contributed by atoms with Gasteiger partial charge in [0.25, 0.3) is 0 Å². The van der Waals surface area contributed by atoms with Crippen LogP contribution in [0.3, 0.4) is 0 Å². The molecule has 0 fully saturated rings. The first-order chi connectivity index (χ1) is 10.3. The maximum absolute atomic E-state index is 9.29. The zero-order valence-corrected chi connectivity index (χ0v) is 12.6. The monoisotopic (exact) mass is 304 g/mol. The molecule has 0 aliphatic rings. The molecule has 0 aliphatic heterocycles. The van der Waals surface area contributed by atoms with Gasteiger partial charge in [0, 0.05) is 11.4 Å². The van der Waals surface area contributed by atoms with E-state index in [1.807, 2.05) is 69.3 Å². The standard InChI is InChI=1S/C16H20N2O2S/c19-13-11-17(15-7-3-1-4-8-15)21-18(12-14-20)16-9-5-2-6-10-16/h1-10,19-20H,11-14H2. The molecular formula is C16H20N2O2S. The van der Waals surface area contributed by atoms with Crippen molar-refractivity contribution in [3.05, 3.63) is 60.7 Å². The van der Waals surface area contributed by atoms with Crippen molar-refractivity contribution in [3.8, 4) is 0 Å². The van der Waals surface area contributed by atoms with Gasteiger partial charge in [0.15, 0.2) is 0 Å². The molecule has 0 spiro atoms. The Hall–Kier alpha value is -1.69. The molecule has 2 aromatic rings. The first-order valence-electron chi connectivity index (χ1n) is 6.90. The molecule has 0 saturated carbocycles. The van der Waals surface area contributed by atoms with Crippen molar-refractivity contribution in [2.75, 3.05) is 34.9 Å². The lowest BCUT2D eigenvalue weighted by molar-refractivity contribution is 0.306. The van der Waals surface area contributed by atoms with Gasteiger partial charge in [0.1, 0.15) is 0 Å². The van der Waals surface area contributed by atoms with Crippen LogP contribution in [-0.2, 0) is 0 Å². The van der Waals surface area contributed by atoms with Crippen LogP contribution in [0.4, 0.5) is 11.4 Å². The van der Waals surface area contributed by atoms with Gasteiger partial charge in [-0.05, 0) is 24.3 Å². The summed E-state index contributed by atoms with van der Waals surface area (Å²) >= 11 is 1.49. The van der Waals surface area contributed by atoms with E-state index < -0.39 is 0 Å². The van der Waals surface area contributed by atoms with E-state index in [4.69, 9.17) is 0 Å². The van der Waals surface area contributed by atoms with Crippen LogP contribution in [0, 0.1) is 0 Å². The Morgan fingerprint density at radius 3 is 1.38 bits per heavy atom. The number of benzene rings is 2. The predicted octanol–water partition coefficient (Wildman–Crippen LogP) is 2.55. The fourth-order valence-corrected chi connectivity index (χ4v) is 2.92. The molecule has 112 valence electrons. The van der Waals surface area contributed by atoms with E-state index in [0.29, 0.717) is 13.1 Å². The third-order valence-corrected chi connectivity index (χ3v) is 4.07. The Kier molecular flexibility index (Phi) is 6.40. The van der Waals surface area contributed by atoms with Crippen LogP contribution >= 0.6 is 12.1 Å². The molecule has 0 bridgehead atoms. The van der Waals surface area contributed by atoms with Gasteiger partial charge in [-0.1, -0.05) is 36.4 Å². The zero-order valence-electron chi connectivity index (χ0n) is 11.8. The molecular weight excluding hydrogens is 284 g/mol. The van der Waals surface area contributed by atoms with Crippen LogP contribution in [0.5, 0.6) is 0 Å². The Balaban J connectivity index is 2.16. The largest absolute Gasteiger partial charge is 0.394 e. The van der Waals surface area contributed by atoms with Crippen molar-refractivity contribution in [1.82, 2.24) is 0 Å². The number of anilines is 2. The molecule has 0 aliphatic carbocycles. The number of rotatable bonds is 8. The van der Waals surface area contributed by atoms with Crippen LogP contribution < -0.4 is 8.61 Å². The van der Waals surface area contributed by atoms with Gasteiger partial charge in [-0.3, -0.25) is 8.61 Å². The average Bonchev–Trinajstić information content (AvgIpc) is 2.55. The van der Waals surface area contributed by atoms with E-state index in [0.717, 1.165) is 11.4 Å². The predicted molar refractivity (Wildman–Crippen MR) is 89.3 cm³/mol. The van der Waals surface area contributed by atoms with Gasteiger partial charge >= 0.3 is 0 Å². The van der Waals surface area contributed by atoms with Crippen LogP contribution in [0.2, 0.25) is 0 Å². The summed E-state index contributed by atoms with van der Waals surface area (Å²) in [6, 6.07) is 19.8. The summed E-state index contributed by atoms with van der Waals surface area (Å²) in [5.41, 5.74) is 2.05. The molecule has 21 heavy (non-hydrogen) atoms. The van der Waals surface area contributed by atoms with Crippen LogP contribution in [0.1, 0.15) is 0 Å². The van der Waals surface area contributed by atoms with Gasteiger partial charge in [-0.2, -0.15) is 0 Å². The summed E-state index contributed by atoms with van der Waals surface area (Å²) < 4.78 is 4.03. The number of hydrogen-bond acceptors (Lipinski definition) is 5. The quantitative estimate of drug-likeness (QED) is 0.734. The number of aliphatic hydroxyl groups excluding tert-OH is 2. The molecule has 4 nitrogen and oxygen atoms in total. The topological polar surface area (TPSA) is 46.9 Å². The van der Waals surface area contributed by atoms with Crippen LogP contribution in [0.15, 0.2) is 60.7 Å². The first kappa shape index (κ1) is 15.7. The molecule has 0 unspecified atom stereocenters. The van der Waals surface area contributed by atoms with Crippen molar-refractivity contribution >= 4 is 23.5 Å². The first-order valence-corrected chi connectivity index (χ1v) is 7.63. The molecule has 0 aromatic heterocycles. The fraction of sp³-hybridized carbons (Fsp3) is 0.250. The lowest BCUT2D eigenvalue weighted by Gasteiger charge is -2.30. The molecule has 0 atom stereocenters. The zero-order chi connectivity index (χ0) is 14.9. The van der Waals surface area contributed by atoms with Gasteiger partial charge in [-0.25, -0.2) is 0 Å². The highest BCUT2D eigenvalue weighted by molar-refractivity contribution is 8.02. The van der Waals surface area contributed by atoms with Crippen molar-refractivity contribution in [2.24, 2.45) is 0 Å². The highest BCUT2D eigenvalue weighted by Crippen LogP contribution is 2.28. The van der Waals surface area contributed by atoms with Crippen molar-refractivity contribution in [3.63, 3.8) is 0 Å². The van der Waals surface area contributed by atoms with Crippen molar-refractivity contribution in [2.45, 2.75) is 0 Å². The van der Waals surface area contributed by atoms with E-state index in [-0.39, 0.29) is 13.2 Å². The van der Waals surface area contributed by atoms with Crippen molar-refractivity contribution in [1.29, 1.82) is 0 Å². The van der Waals surface area contributed by atoms with Crippen LogP contribution in [-0.4, -0.2) is 36.5 Å². The second-order valence-corrected chi connectivity index (χ2v) is 5.45. The fourth-order valence-electron chi connectivity index (χ4n) is 1.92. The van der Waals surface area contributed by atoms with Gasteiger partial charge in [0.05, 0.1) is 38.4 Å². The number of nitrogens with zero attached hydrogens (tertiary/aromatic N) is 2. The van der Waals surface area contributed by atoms with E-state index in [9.17, 15) is 10.2 Å². The lowest BCUT2D eigenvalue weighted by atomic mass is 10.3. The third kappa shape index (κ3) is 4.67. The van der Waals surface area contributed by atoms with Crippen LogP contribution in [0.25, 0.3) is 0 Å². The smallest absolute Gasteiger partial charge is 0.0715 e. The summed E-state index contributed by atoms with van der Waals surface area (Å²) in [5.74, 6) is 0. The van der Waals surface area contributed by atoms with E-state index in [1.54, 1.807) is 0 Å². The van der Waals surface area contributed by atoms with E-state index in [1.165, 1.54) is 12.1 Å². The minimum atomic E-state index is 0.0731. The highest BCUT2D eigenvalue weighted by Gasteiger charge is 2.14. The number of para-hydroxylation sites is 2. The van der Waals surface area contributed by atoms with Gasteiger partial charge in [0.2, 0.25) is 0 Å². The highest BCUT2D eigenvalue weighted by atomic mass is 32.2. The summed E-state index contributed by atoms with van der Waals surface area (Å²) in [5, 5.41) is 18.6. The maximum atomic E-state index is 9.29. The maximum Gasteiger partial charge on any atom is 0.0715 e. The summed E-state index contributed by atoms with van der Waals surface area (Å²) in [4.78, 5) is 0. The number of aliphatic hydroxyl groups is 2. The van der Waals surface area contributed by atoms with Gasteiger partial charge < -0.3 is 10.2 Å². The summed E-state index contributed by atoms with van der Waals surface area (Å²) in [6.45, 7) is 1.18. The minimum Gasteiger partial charge on any atom is -0.394 e. The Morgan fingerprint density at radius 2 is 1.05 bits per heavy atom. The molecule has 0 amide bonds. The SMILES string of the molecule is OCCN(SN(CCO)c1ccccc1)c1ccccc1. The lowest BCUT2D eigenvalue weighted by Crippen LogP contribution is -2.29. The Bertz CT molecular complexity index is 463. The van der Waals surface area contributed by atoms with E-state index in [2.05, 4.69) is 0 Å². The second kappa shape index (κ2) is 8.56. The molecule has 0 radical (unpaired) electrons. The molecule has 2 rings (SSSR count). The molecule has 0 heterocycles. The molecule has 0 saturated heterocycles. The average molecular weight is 304 g/mol.